The molecule has 0 aliphatic heterocycles. The van der Waals surface area contributed by atoms with Gasteiger partial charge in [0.05, 0.1) is 35.3 Å². The number of aromatic hydroxyl groups is 1. The summed E-state index contributed by atoms with van der Waals surface area (Å²) in [7, 11) is 1.94. The van der Waals surface area contributed by atoms with Gasteiger partial charge in [-0.05, 0) is 48.0 Å². The molecule has 7 nitrogen and oxygen atoms in total. The number of imidazole rings is 1. The summed E-state index contributed by atoms with van der Waals surface area (Å²) in [5.74, 6) is 2.73. The zero-order valence-corrected chi connectivity index (χ0v) is 22.4. The Hall–Kier alpha value is -2.91. The number of halogens is 1. The topological polar surface area (TPSA) is 78.5 Å². The van der Waals surface area contributed by atoms with Crippen LogP contribution in [0.4, 0.5) is 0 Å². The number of nitrogens with zero attached hydrogens (tertiary/aromatic N) is 3. The van der Waals surface area contributed by atoms with Crippen LogP contribution < -0.4 is 4.74 Å². The normalized spacial score (nSPS) is 11.2. The first-order valence-corrected chi connectivity index (χ1v) is 13.3. The number of esters is 1. The average molecular weight is 558 g/mol. The van der Waals surface area contributed by atoms with Crippen molar-refractivity contribution in [2.75, 3.05) is 19.0 Å². The van der Waals surface area contributed by atoms with Gasteiger partial charge < -0.3 is 23.7 Å². The highest BCUT2D eigenvalue weighted by molar-refractivity contribution is 9.10. The first-order chi connectivity index (χ1) is 16.9. The van der Waals surface area contributed by atoms with Crippen LogP contribution in [0, 0.1) is 6.92 Å². The highest BCUT2D eigenvalue weighted by atomic mass is 79.9. The van der Waals surface area contributed by atoms with Gasteiger partial charge in [0.2, 0.25) is 0 Å². The van der Waals surface area contributed by atoms with Crippen LogP contribution in [0.25, 0.3) is 10.9 Å². The third kappa shape index (κ3) is 5.36. The number of thioether (sulfide) groups is 1. The second-order valence-electron chi connectivity index (χ2n) is 8.00. The summed E-state index contributed by atoms with van der Waals surface area (Å²) >= 11 is 5.18. The molecule has 0 radical (unpaired) electrons. The van der Waals surface area contributed by atoms with E-state index < -0.39 is 0 Å². The maximum atomic E-state index is 13.2. The van der Waals surface area contributed by atoms with Crippen molar-refractivity contribution < 1.29 is 19.4 Å². The number of ether oxygens (including phenoxy) is 2. The van der Waals surface area contributed by atoms with E-state index in [1.54, 1.807) is 24.9 Å². The fourth-order valence-corrected chi connectivity index (χ4v) is 5.40. The lowest BCUT2D eigenvalue weighted by molar-refractivity contribution is 0.0527. The zero-order chi connectivity index (χ0) is 24.9. The number of benzene rings is 2. The number of para-hydroxylation sites is 1. The molecule has 0 unspecified atom stereocenters. The van der Waals surface area contributed by atoms with E-state index in [0.29, 0.717) is 39.9 Å². The van der Waals surface area contributed by atoms with Crippen LogP contribution in [0.5, 0.6) is 11.5 Å². The SMILES string of the molecule is CCOC(=O)c1c(CSCCOc2ccccc2)n(C)c2cc(Br)c(O)c(Cn3ccnc3C)c12. The second kappa shape index (κ2) is 11.2. The molecule has 0 aliphatic carbocycles. The lowest BCUT2D eigenvalue weighted by Gasteiger charge is -2.12. The number of phenols is 1. The minimum absolute atomic E-state index is 0.109. The Morgan fingerprint density at radius 3 is 2.71 bits per heavy atom. The Labute approximate surface area is 217 Å². The minimum atomic E-state index is -0.389. The maximum Gasteiger partial charge on any atom is 0.340 e. The summed E-state index contributed by atoms with van der Waals surface area (Å²) in [5.41, 5.74) is 2.85. The minimum Gasteiger partial charge on any atom is -0.506 e. The van der Waals surface area contributed by atoms with Gasteiger partial charge in [-0.1, -0.05) is 18.2 Å². The van der Waals surface area contributed by atoms with E-state index in [1.807, 2.05) is 65.7 Å². The van der Waals surface area contributed by atoms with Crippen molar-refractivity contribution in [2.45, 2.75) is 26.1 Å². The molecule has 0 saturated carbocycles. The summed E-state index contributed by atoms with van der Waals surface area (Å²) in [4.78, 5) is 17.5. The van der Waals surface area contributed by atoms with E-state index in [-0.39, 0.29) is 18.3 Å². The number of fused-ring (bicyclic) bond motifs is 1. The molecular weight excluding hydrogens is 530 g/mol. The molecule has 35 heavy (non-hydrogen) atoms. The van der Waals surface area contributed by atoms with Crippen LogP contribution in [-0.2, 0) is 24.1 Å². The van der Waals surface area contributed by atoms with Crippen LogP contribution >= 0.6 is 27.7 Å². The van der Waals surface area contributed by atoms with Gasteiger partial charge in [-0.15, -0.1) is 0 Å². The van der Waals surface area contributed by atoms with Gasteiger partial charge in [0.15, 0.2) is 0 Å². The Morgan fingerprint density at radius 1 is 1.26 bits per heavy atom. The van der Waals surface area contributed by atoms with Crippen molar-refractivity contribution in [3.8, 4) is 11.5 Å². The molecule has 0 fully saturated rings. The van der Waals surface area contributed by atoms with E-state index in [2.05, 4.69) is 20.9 Å². The quantitative estimate of drug-likeness (QED) is 0.199. The third-order valence-corrected chi connectivity index (χ3v) is 7.39. The largest absolute Gasteiger partial charge is 0.506 e. The predicted octanol–water partition coefficient (Wildman–Crippen LogP) is 5.69. The van der Waals surface area contributed by atoms with Crippen molar-refractivity contribution in [3.63, 3.8) is 0 Å². The number of phenolic OH excluding ortho intramolecular Hbond substituents is 1. The van der Waals surface area contributed by atoms with E-state index in [0.717, 1.165) is 28.5 Å². The van der Waals surface area contributed by atoms with Crippen LogP contribution in [0.2, 0.25) is 0 Å². The molecule has 1 N–H and O–H groups in total. The van der Waals surface area contributed by atoms with Gasteiger partial charge in [-0.3, -0.25) is 0 Å². The number of aryl methyl sites for hydroxylation is 2. The maximum absolute atomic E-state index is 13.2. The average Bonchev–Trinajstić information content (AvgIpc) is 3.37. The first-order valence-electron chi connectivity index (χ1n) is 11.3. The Morgan fingerprint density at radius 2 is 2.03 bits per heavy atom. The molecule has 0 aliphatic rings. The van der Waals surface area contributed by atoms with Gasteiger partial charge >= 0.3 is 5.97 Å². The van der Waals surface area contributed by atoms with Gasteiger partial charge in [0.25, 0.3) is 0 Å². The van der Waals surface area contributed by atoms with Crippen molar-refractivity contribution in [1.82, 2.24) is 14.1 Å². The first kappa shape index (κ1) is 25.2. The zero-order valence-electron chi connectivity index (χ0n) is 20.0. The number of aromatic nitrogens is 3. The number of hydrogen-bond donors (Lipinski definition) is 1. The van der Waals surface area contributed by atoms with E-state index in [1.165, 1.54) is 0 Å². The molecule has 184 valence electrons. The molecule has 0 bridgehead atoms. The van der Waals surface area contributed by atoms with Crippen LogP contribution in [0.1, 0.15) is 34.4 Å². The van der Waals surface area contributed by atoms with Crippen LogP contribution in [-0.4, -0.2) is 44.2 Å². The smallest absolute Gasteiger partial charge is 0.340 e. The molecule has 0 saturated heterocycles. The Kier molecular flexibility index (Phi) is 8.07. The summed E-state index contributed by atoms with van der Waals surface area (Å²) in [6.07, 6.45) is 3.58. The molecule has 0 spiro atoms. The Bertz CT molecular complexity index is 1330. The summed E-state index contributed by atoms with van der Waals surface area (Å²) < 4.78 is 15.8. The van der Waals surface area contributed by atoms with E-state index in [9.17, 15) is 9.90 Å². The summed E-state index contributed by atoms with van der Waals surface area (Å²) in [6, 6.07) is 11.6. The number of rotatable bonds is 10. The molecule has 2 heterocycles. The fourth-order valence-electron chi connectivity index (χ4n) is 4.07. The van der Waals surface area contributed by atoms with E-state index in [4.69, 9.17) is 9.47 Å². The molecular formula is C26H28BrN3O4S. The van der Waals surface area contributed by atoms with Gasteiger partial charge in [-0.2, -0.15) is 11.8 Å². The highest BCUT2D eigenvalue weighted by Gasteiger charge is 2.27. The molecule has 4 rings (SSSR count). The number of carbonyl (C=O) groups excluding carboxylic acids is 1. The molecule has 2 aromatic carbocycles. The van der Waals surface area contributed by atoms with Crippen molar-refractivity contribution in [3.05, 3.63) is 75.9 Å². The molecule has 2 aromatic heterocycles. The number of hydrogen-bond acceptors (Lipinski definition) is 6. The Balaban J connectivity index is 1.69. The van der Waals surface area contributed by atoms with Gasteiger partial charge in [-0.25, -0.2) is 9.78 Å². The summed E-state index contributed by atoms with van der Waals surface area (Å²) in [5, 5.41) is 11.7. The highest BCUT2D eigenvalue weighted by Crippen LogP contribution is 2.40. The summed E-state index contributed by atoms with van der Waals surface area (Å²) in [6.45, 7) is 4.91. The van der Waals surface area contributed by atoms with E-state index >= 15 is 0 Å². The van der Waals surface area contributed by atoms with Crippen molar-refractivity contribution in [1.29, 1.82) is 0 Å². The van der Waals surface area contributed by atoms with Crippen molar-refractivity contribution in [2.24, 2.45) is 7.05 Å². The van der Waals surface area contributed by atoms with Crippen LogP contribution in [0.15, 0.2) is 53.3 Å². The lowest BCUT2D eigenvalue weighted by atomic mass is 10.0. The third-order valence-electron chi connectivity index (χ3n) is 5.85. The standard InChI is InChI=1S/C26H28BrN3O4S/c1-4-33-26(32)24-22(16-35-13-12-34-18-8-6-5-7-9-18)29(3)21-14-20(27)25(31)19(23(21)24)15-30-11-10-28-17(30)2/h5-11,14,31H,4,12-13,15-16H2,1-3H3. The molecule has 9 heteroatoms. The van der Waals surface area contributed by atoms with Gasteiger partial charge in [0.1, 0.15) is 17.3 Å². The monoisotopic (exact) mass is 557 g/mol. The predicted molar refractivity (Wildman–Crippen MR) is 142 cm³/mol. The van der Waals surface area contributed by atoms with Crippen LogP contribution in [0.3, 0.4) is 0 Å². The van der Waals surface area contributed by atoms with Crippen molar-refractivity contribution >= 4 is 44.6 Å². The molecule has 0 amide bonds. The second-order valence-corrected chi connectivity index (χ2v) is 9.96. The number of carbonyl (C=O) groups is 1. The molecule has 0 atom stereocenters. The lowest BCUT2D eigenvalue weighted by Crippen LogP contribution is -2.10. The molecule has 4 aromatic rings. The van der Waals surface area contributed by atoms with Gasteiger partial charge in [0, 0.05) is 47.6 Å². The fraction of sp³-hybridized carbons (Fsp3) is 0.308.